The molecule has 0 radical (unpaired) electrons. The van der Waals surface area contributed by atoms with Crippen LogP contribution < -0.4 is 0 Å². The number of hydrogen-bond acceptors (Lipinski definition) is 27. The van der Waals surface area contributed by atoms with Gasteiger partial charge in [0.1, 0.15) is 63.7 Å². The third-order valence-corrected chi connectivity index (χ3v) is 15.5. The molecule has 10 heterocycles. The van der Waals surface area contributed by atoms with Crippen molar-refractivity contribution in [1.82, 2.24) is 110 Å². The molecular formula is C75H136N22O4S3. The molecule has 0 aromatic carbocycles. The van der Waals surface area contributed by atoms with Crippen molar-refractivity contribution < 1.29 is 18.1 Å². The second-order valence-corrected chi connectivity index (χ2v) is 35.9. The summed E-state index contributed by atoms with van der Waals surface area (Å²) in [5.41, 5.74) is 4.92. The highest BCUT2D eigenvalue weighted by Crippen LogP contribution is 2.29. The SMILES string of the molecule is CC.CC.CC.CC(C)(C)c1cncnc1.CC(C)(C)c1ncn[nH]1.CC(C)(C)c1ncn[nH]1.Cc1nc(C(C)(C)C)no1.Cc1nc(C(C)(C)C)ns1.Cc1nnoc1C(C)(C)C.Cc1nnsc1C(C)(C)C.Cc1noc(C(C)(C)C)n1.Cc1nsc(C(C)(C)C)n1.Cc1onnc1C(C)(C)C. The molecule has 26 nitrogen and oxygen atoms in total. The number of rotatable bonds is 0. The summed E-state index contributed by atoms with van der Waals surface area (Å²) < 4.78 is 31.8. The highest BCUT2D eigenvalue weighted by molar-refractivity contribution is 7.06. The van der Waals surface area contributed by atoms with Gasteiger partial charge in [-0.05, 0) is 92.5 Å². The highest BCUT2D eigenvalue weighted by Gasteiger charge is 2.25. The Bertz CT molecular complexity index is 3370. The quantitative estimate of drug-likeness (QED) is 0.142. The Morgan fingerprint density at radius 3 is 1.05 bits per heavy atom. The van der Waals surface area contributed by atoms with Crippen LogP contribution in [0.3, 0.4) is 0 Å². The molecule has 0 atom stereocenters. The first-order valence-corrected chi connectivity index (χ1v) is 37.8. The molecule has 0 aliphatic carbocycles. The van der Waals surface area contributed by atoms with Crippen molar-refractivity contribution in [3.63, 3.8) is 0 Å². The van der Waals surface area contributed by atoms with Crippen molar-refractivity contribution in [1.29, 1.82) is 0 Å². The summed E-state index contributed by atoms with van der Waals surface area (Å²) in [7, 11) is 0. The lowest BCUT2D eigenvalue weighted by atomic mass is 9.89. The molecule has 2 N–H and O–H groups in total. The molecule has 10 rings (SSSR count). The van der Waals surface area contributed by atoms with Crippen molar-refractivity contribution in [3.05, 3.63) is 127 Å². The van der Waals surface area contributed by atoms with Crippen LogP contribution in [0.15, 0.2) is 49.5 Å². The summed E-state index contributed by atoms with van der Waals surface area (Å²) in [6.45, 7) is 88.3. The van der Waals surface area contributed by atoms with Gasteiger partial charge in [0.05, 0.1) is 10.6 Å². The lowest BCUT2D eigenvalue weighted by Crippen LogP contribution is -2.13. The average molecular weight is 1510 g/mol. The Labute approximate surface area is 637 Å². The van der Waals surface area contributed by atoms with E-state index in [9.17, 15) is 0 Å². The third-order valence-electron chi connectivity index (χ3n) is 12.4. The van der Waals surface area contributed by atoms with Gasteiger partial charge in [-0.15, -0.1) is 15.3 Å². The van der Waals surface area contributed by atoms with Crippen LogP contribution in [0.5, 0.6) is 0 Å². The van der Waals surface area contributed by atoms with E-state index in [0.29, 0.717) is 17.6 Å². The predicted octanol–water partition coefficient (Wildman–Crippen LogP) is 20.2. The number of nitrogens with one attached hydrogen (secondary N) is 2. The fourth-order valence-electron chi connectivity index (χ4n) is 6.97. The molecule has 0 bridgehead atoms. The molecular weight excluding hydrogens is 1370 g/mol. The van der Waals surface area contributed by atoms with E-state index in [4.69, 9.17) is 18.1 Å². The van der Waals surface area contributed by atoms with Gasteiger partial charge in [0.2, 0.25) is 11.8 Å². The Morgan fingerprint density at radius 1 is 0.375 bits per heavy atom. The van der Waals surface area contributed by atoms with Crippen LogP contribution in [0.25, 0.3) is 0 Å². The van der Waals surface area contributed by atoms with Crippen molar-refractivity contribution in [3.8, 4) is 0 Å². The van der Waals surface area contributed by atoms with Gasteiger partial charge >= 0.3 is 0 Å². The van der Waals surface area contributed by atoms with Gasteiger partial charge in [0.25, 0.3) is 0 Å². The monoisotopic (exact) mass is 1510 g/mol. The molecule has 588 valence electrons. The normalized spacial score (nSPS) is 11.4. The van der Waals surface area contributed by atoms with E-state index in [1.165, 1.54) is 57.7 Å². The maximum Gasteiger partial charge on any atom is 0.232 e. The van der Waals surface area contributed by atoms with Gasteiger partial charge in [-0.25, -0.2) is 29.9 Å². The Morgan fingerprint density at radius 2 is 0.865 bits per heavy atom. The highest BCUT2D eigenvalue weighted by atomic mass is 32.1. The summed E-state index contributed by atoms with van der Waals surface area (Å²) in [4.78, 5) is 34.0. The molecule has 0 saturated carbocycles. The van der Waals surface area contributed by atoms with Crippen molar-refractivity contribution in [2.75, 3.05) is 0 Å². The number of aromatic nitrogens is 22. The van der Waals surface area contributed by atoms with Gasteiger partial charge in [-0.2, -0.15) is 28.9 Å². The van der Waals surface area contributed by atoms with E-state index >= 15 is 0 Å². The van der Waals surface area contributed by atoms with Gasteiger partial charge in [0.15, 0.2) is 23.2 Å². The minimum Gasteiger partial charge on any atom is -0.342 e. The standard InChI is InChI=1S/C8H12N2.4C7H12N2O.3C7H12N2S.2C6H11N3.3C2H6/c1-8(2,3)7-4-9-6-10-5-7;1-5-8-6(9-10-5)7(2,3)4;1-5-8-6(10-9-5)7(2,3)4;1-5-6(7(2,3)4)8-9-10-5;1-5-6(7(2,3)4)10-9-8-5;1-5-8-6(9-10-5)7(2,3)4;1-5-8-6(10-9-5)7(2,3)4;1-5-6(7(2,3)4)10-9-8-5;2*1-6(2,3)5-7-4-8-9-5;3*1-2/h4-6H,1-3H3;7*1-4H3;2*4H,1-3H3,(H,7,8,9);3*1-2H3. The van der Waals surface area contributed by atoms with E-state index in [1.807, 2.05) is 116 Å². The smallest absolute Gasteiger partial charge is 0.232 e. The fourth-order valence-corrected chi connectivity index (χ4v) is 9.03. The van der Waals surface area contributed by atoms with Crippen LogP contribution in [-0.4, -0.2) is 110 Å². The molecule has 10 aromatic heterocycles. The first-order valence-electron chi connectivity index (χ1n) is 35.4. The number of H-pyrrole nitrogens is 2. The van der Waals surface area contributed by atoms with Crippen LogP contribution >= 0.6 is 34.6 Å². The summed E-state index contributed by atoms with van der Waals surface area (Å²) in [6.07, 6.45) is 8.32. The van der Waals surface area contributed by atoms with Crippen molar-refractivity contribution >= 4 is 34.6 Å². The second kappa shape index (κ2) is 45.2. The molecule has 0 aliphatic rings. The number of nitrogens with zero attached hydrogens (tertiary/aromatic N) is 20. The Balaban J connectivity index is -0.00000108. The molecule has 104 heavy (non-hydrogen) atoms. The van der Waals surface area contributed by atoms with Gasteiger partial charge in [0, 0.05) is 73.2 Å². The summed E-state index contributed by atoms with van der Waals surface area (Å²) in [5, 5.41) is 41.3. The molecule has 0 unspecified atom stereocenters. The van der Waals surface area contributed by atoms with Gasteiger partial charge in [-0.1, -0.05) is 264 Å². The first kappa shape index (κ1) is 101. The lowest BCUT2D eigenvalue weighted by molar-refractivity contribution is 0.315. The van der Waals surface area contributed by atoms with Crippen LogP contribution in [0.4, 0.5) is 0 Å². The average Bonchev–Trinajstić information content (AvgIpc) is 1.54. The third kappa shape index (κ3) is 41.9. The van der Waals surface area contributed by atoms with Crippen LogP contribution in [-0.2, 0) is 54.1 Å². The van der Waals surface area contributed by atoms with E-state index in [1.54, 1.807) is 13.3 Å². The van der Waals surface area contributed by atoms with E-state index < -0.39 is 0 Å². The molecule has 0 amide bonds. The predicted molar refractivity (Wildman–Crippen MR) is 426 cm³/mol. The van der Waals surface area contributed by atoms with Crippen LogP contribution in [0, 0.1) is 48.5 Å². The summed E-state index contributed by atoms with van der Waals surface area (Å²) in [5.74, 6) is 8.18. The largest absolute Gasteiger partial charge is 0.342 e. The summed E-state index contributed by atoms with van der Waals surface area (Å²) >= 11 is 4.46. The molecule has 0 fully saturated rings. The minimum absolute atomic E-state index is 0.00222. The van der Waals surface area contributed by atoms with Crippen molar-refractivity contribution in [2.45, 2.75) is 352 Å². The molecule has 0 aliphatic heterocycles. The van der Waals surface area contributed by atoms with Crippen LogP contribution in [0.2, 0.25) is 0 Å². The molecule has 29 heteroatoms. The lowest BCUT2D eigenvalue weighted by Gasteiger charge is -2.16. The fraction of sp³-hybridized carbons (Fsp3) is 0.707. The zero-order chi connectivity index (χ0) is 81.9. The molecule has 0 spiro atoms. The van der Waals surface area contributed by atoms with E-state index in [-0.39, 0.29) is 54.1 Å². The maximum atomic E-state index is 4.97. The topological polar surface area (TPSA) is 342 Å². The number of aromatic amines is 2. The van der Waals surface area contributed by atoms with Gasteiger partial charge < -0.3 is 18.1 Å². The zero-order valence-electron chi connectivity index (χ0n) is 72.2. The Hall–Kier alpha value is -7.40. The van der Waals surface area contributed by atoms with Crippen LogP contribution in [0.1, 0.15) is 345 Å². The van der Waals surface area contributed by atoms with Crippen molar-refractivity contribution in [2.24, 2.45) is 0 Å². The number of hydrogen-bond donors (Lipinski definition) is 2. The summed E-state index contributed by atoms with van der Waals surface area (Å²) in [6, 6.07) is 0. The maximum absolute atomic E-state index is 4.97. The van der Waals surface area contributed by atoms with E-state index in [2.05, 4.69) is 297 Å². The second-order valence-electron chi connectivity index (χ2n) is 33.4. The van der Waals surface area contributed by atoms with E-state index in [0.717, 1.165) is 67.7 Å². The number of aryl methyl sites for hydroxylation is 7. The van der Waals surface area contributed by atoms with Gasteiger partial charge in [-0.3, -0.25) is 10.2 Å². The Kier molecular flexibility index (Phi) is 43.8. The zero-order valence-corrected chi connectivity index (χ0v) is 74.6. The minimum atomic E-state index is -0.0265. The molecule has 10 aromatic rings. The molecule has 0 saturated heterocycles. The first-order chi connectivity index (χ1) is 47.4.